The molecule has 6 heteroatoms. The number of benzene rings is 1. The van der Waals surface area contributed by atoms with E-state index in [1.165, 1.54) is 18.4 Å². The quantitative estimate of drug-likeness (QED) is 0.739. The smallest absolute Gasteiger partial charge is 0.161 e. The van der Waals surface area contributed by atoms with Gasteiger partial charge in [0.15, 0.2) is 11.6 Å². The maximum atomic E-state index is 5.99. The Bertz CT molecular complexity index is 870. The highest BCUT2D eigenvalue weighted by Crippen LogP contribution is 2.30. The van der Waals surface area contributed by atoms with E-state index in [0.29, 0.717) is 5.02 Å². The molecule has 122 valence electrons. The Hall–Kier alpha value is -2.40. The predicted molar refractivity (Wildman–Crippen MR) is 95.7 cm³/mol. The zero-order valence-electron chi connectivity index (χ0n) is 13.4. The number of aryl methyl sites for hydroxylation is 2. The predicted octanol–water partition coefficient (Wildman–Crippen LogP) is 4.45. The lowest BCUT2D eigenvalue weighted by Gasteiger charge is -2.19. The number of nitrogens with one attached hydrogen (secondary N) is 2. The van der Waals surface area contributed by atoms with E-state index in [-0.39, 0.29) is 0 Å². The second-order valence-corrected chi connectivity index (χ2v) is 6.53. The van der Waals surface area contributed by atoms with E-state index in [0.717, 1.165) is 47.3 Å². The van der Waals surface area contributed by atoms with Gasteiger partial charge in [0.25, 0.3) is 0 Å². The fourth-order valence-corrected chi connectivity index (χ4v) is 3.15. The van der Waals surface area contributed by atoms with Crippen molar-refractivity contribution in [3.63, 3.8) is 0 Å². The Morgan fingerprint density at radius 3 is 2.62 bits per heavy atom. The summed E-state index contributed by atoms with van der Waals surface area (Å²) in [6.45, 7) is 1.98. The highest BCUT2D eigenvalue weighted by molar-refractivity contribution is 6.30. The maximum Gasteiger partial charge on any atom is 0.161 e. The number of H-pyrrole nitrogens is 1. The molecule has 0 amide bonds. The summed E-state index contributed by atoms with van der Waals surface area (Å²) in [5.74, 6) is 2.36. The van der Waals surface area contributed by atoms with E-state index in [9.17, 15) is 0 Å². The summed E-state index contributed by atoms with van der Waals surface area (Å²) in [5, 5.41) is 11.3. The molecule has 0 atom stereocenters. The van der Waals surface area contributed by atoms with Crippen LogP contribution in [0.2, 0.25) is 5.02 Å². The number of hydrogen-bond donors (Lipinski definition) is 2. The second-order valence-electron chi connectivity index (χ2n) is 6.10. The van der Waals surface area contributed by atoms with Gasteiger partial charge in [0, 0.05) is 33.6 Å². The van der Waals surface area contributed by atoms with E-state index in [1.54, 1.807) is 0 Å². The molecule has 0 saturated heterocycles. The molecule has 5 nitrogen and oxygen atoms in total. The molecule has 1 aliphatic rings. The number of rotatable bonds is 3. The monoisotopic (exact) mass is 339 g/mol. The standard InChI is InChI=1S/C18H18ClN5/c1-11-10-16(24-23-11)21-18-14-4-2-3-5-15(14)20-17(22-18)12-6-8-13(19)9-7-12/h6-10H,2-5H2,1H3,(H2,20,21,22,23,24). The first-order valence-corrected chi connectivity index (χ1v) is 8.51. The van der Waals surface area contributed by atoms with Crippen molar-refractivity contribution >= 4 is 23.2 Å². The minimum atomic E-state index is 0.710. The third kappa shape index (κ3) is 2.99. The molecule has 0 bridgehead atoms. The van der Waals surface area contributed by atoms with Crippen LogP contribution >= 0.6 is 11.6 Å². The van der Waals surface area contributed by atoms with Crippen molar-refractivity contribution in [2.45, 2.75) is 32.6 Å². The van der Waals surface area contributed by atoms with Crippen molar-refractivity contribution in [1.29, 1.82) is 0 Å². The lowest BCUT2D eigenvalue weighted by atomic mass is 9.96. The first-order valence-electron chi connectivity index (χ1n) is 8.14. The molecule has 4 rings (SSSR count). The fraction of sp³-hybridized carbons (Fsp3) is 0.278. The van der Waals surface area contributed by atoms with Crippen LogP contribution in [-0.2, 0) is 12.8 Å². The Kier molecular flexibility index (Phi) is 3.94. The molecule has 3 aromatic rings. The Balaban J connectivity index is 1.78. The van der Waals surface area contributed by atoms with Gasteiger partial charge in [0.05, 0.1) is 0 Å². The van der Waals surface area contributed by atoms with Crippen LogP contribution in [0.4, 0.5) is 11.6 Å². The molecule has 1 aliphatic carbocycles. The highest BCUT2D eigenvalue weighted by Gasteiger charge is 2.19. The zero-order valence-corrected chi connectivity index (χ0v) is 14.2. The van der Waals surface area contributed by atoms with Crippen molar-refractivity contribution in [2.75, 3.05) is 5.32 Å². The molecule has 0 aliphatic heterocycles. The maximum absolute atomic E-state index is 5.99. The normalized spacial score (nSPS) is 13.6. The van der Waals surface area contributed by atoms with Gasteiger partial charge in [-0.25, -0.2) is 9.97 Å². The number of fused-ring (bicyclic) bond motifs is 1. The van der Waals surface area contributed by atoms with Gasteiger partial charge >= 0.3 is 0 Å². The van der Waals surface area contributed by atoms with E-state index in [1.807, 2.05) is 37.3 Å². The Morgan fingerprint density at radius 1 is 1.08 bits per heavy atom. The van der Waals surface area contributed by atoms with Crippen LogP contribution in [0.3, 0.4) is 0 Å². The van der Waals surface area contributed by atoms with Gasteiger partial charge in [-0.15, -0.1) is 0 Å². The molecule has 0 fully saturated rings. The molecular weight excluding hydrogens is 322 g/mol. The molecule has 0 saturated carbocycles. The summed E-state index contributed by atoms with van der Waals surface area (Å²) in [6.07, 6.45) is 4.34. The summed E-state index contributed by atoms with van der Waals surface area (Å²) in [6, 6.07) is 9.61. The van der Waals surface area contributed by atoms with Gasteiger partial charge in [-0.05, 0) is 56.9 Å². The zero-order chi connectivity index (χ0) is 16.5. The molecule has 24 heavy (non-hydrogen) atoms. The number of halogens is 1. The molecule has 0 spiro atoms. The summed E-state index contributed by atoms with van der Waals surface area (Å²) in [5.41, 5.74) is 4.32. The van der Waals surface area contributed by atoms with Crippen molar-refractivity contribution in [1.82, 2.24) is 20.2 Å². The second kappa shape index (κ2) is 6.24. The van der Waals surface area contributed by atoms with Crippen molar-refractivity contribution in [3.8, 4) is 11.4 Å². The molecule has 0 radical (unpaired) electrons. The van der Waals surface area contributed by atoms with Crippen LogP contribution in [0.5, 0.6) is 0 Å². The summed E-state index contributed by atoms with van der Waals surface area (Å²) in [7, 11) is 0. The Labute approximate surface area is 145 Å². The van der Waals surface area contributed by atoms with Gasteiger partial charge in [0.1, 0.15) is 5.82 Å². The average Bonchev–Trinajstić information content (AvgIpc) is 3.00. The molecular formula is C18H18ClN5. The molecule has 2 aromatic heterocycles. The van der Waals surface area contributed by atoms with Crippen LogP contribution in [0.15, 0.2) is 30.3 Å². The van der Waals surface area contributed by atoms with Gasteiger partial charge in [0.2, 0.25) is 0 Å². The Morgan fingerprint density at radius 2 is 1.88 bits per heavy atom. The van der Waals surface area contributed by atoms with Crippen molar-refractivity contribution < 1.29 is 0 Å². The van der Waals surface area contributed by atoms with Crippen LogP contribution in [0.1, 0.15) is 29.8 Å². The van der Waals surface area contributed by atoms with Gasteiger partial charge in [-0.3, -0.25) is 5.10 Å². The van der Waals surface area contributed by atoms with E-state index in [2.05, 4.69) is 15.5 Å². The number of aromatic amines is 1. The third-order valence-corrected chi connectivity index (χ3v) is 4.49. The lowest BCUT2D eigenvalue weighted by Crippen LogP contribution is -2.12. The number of anilines is 2. The lowest BCUT2D eigenvalue weighted by molar-refractivity contribution is 0.665. The number of hydrogen-bond acceptors (Lipinski definition) is 4. The topological polar surface area (TPSA) is 66.5 Å². The van der Waals surface area contributed by atoms with E-state index in [4.69, 9.17) is 21.6 Å². The van der Waals surface area contributed by atoms with Crippen LogP contribution in [-0.4, -0.2) is 20.2 Å². The van der Waals surface area contributed by atoms with Gasteiger partial charge < -0.3 is 5.32 Å². The molecule has 1 aromatic carbocycles. The van der Waals surface area contributed by atoms with E-state index < -0.39 is 0 Å². The molecule has 0 unspecified atom stereocenters. The van der Waals surface area contributed by atoms with E-state index >= 15 is 0 Å². The minimum absolute atomic E-state index is 0.710. The summed E-state index contributed by atoms with van der Waals surface area (Å²) >= 11 is 5.99. The fourth-order valence-electron chi connectivity index (χ4n) is 3.03. The summed E-state index contributed by atoms with van der Waals surface area (Å²) < 4.78 is 0. The van der Waals surface area contributed by atoms with Crippen LogP contribution < -0.4 is 5.32 Å². The minimum Gasteiger partial charge on any atom is -0.323 e. The first kappa shape index (κ1) is 15.1. The van der Waals surface area contributed by atoms with Crippen LogP contribution in [0, 0.1) is 6.92 Å². The highest BCUT2D eigenvalue weighted by atomic mass is 35.5. The summed E-state index contributed by atoms with van der Waals surface area (Å²) in [4.78, 5) is 9.57. The molecule has 2 heterocycles. The SMILES string of the molecule is Cc1cc(Nc2nc(-c3ccc(Cl)cc3)nc3c2CCCC3)n[nH]1. The molecule has 2 N–H and O–H groups in total. The third-order valence-electron chi connectivity index (χ3n) is 4.24. The van der Waals surface area contributed by atoms with Crippen molar-refractivity contribution in [3.05, 3.63) is 52.3 Å². The first-order chi connectivity index (χ1) is 11.7. The van der Waals surface area contributed by atoms with Crippen molar-refractivity contribution in [2.24, 2.45) is 0 Å². The number of nitrogens with zero attached hydrogens (tertiary/aromatic N) is 3. The average molecular weight is 340 g/mol. The van der Waals surface area contributed by atoms with Gasteiger partial charge in [-0.2, -0.15) is 5.10 Å². The number of aromatic nitrogens is 4. The van der Waals surface area contributed by atoms with Gasteiger partial charge in [-0.1, -0.05) is 11.6 Å². The van der Waals surface area contributed by atoms with Crippen LogP contribution in [0.25, 0.3) is 11.4 Å². The largest absolute Gasteiger partial charge is 0.323 e.